The number of carbonyl (C=O) groups is 1. The van der Waals surface area contributed by atoms with E-state index in [2.05, 4.69) is 18.3 Å². The molecule has 32 heavy (non-hydrogen) atoms. The van der Waals surface area contributed by atoms with Crippen LogP contribution in [-0.4, -0.2) is 12.5 Å². The Morgan fingerprint density at radius 3 is 2.53 bits per heavy atom. The molecule has 0 aromatic heterocycles. The molecule has 0 atom stereocenters. The lowest BCUT2D eigenvalue weighted by Crippen LogP contribution is -2.12. The maximum atomic E-state index is 12.8. The number of unbranched alkanes of at least 4 members (excludes halogenated alkanes) is 3. The average molecular weight is 429 g/mol. The standard InChI is InChI=1S/C27H28N2O3/c1-2-3-4-7-19-31-23-15-13-22(14-16-23)27(30)29-25-11-5-6-12-26(25)32-24-10-8-9-21(20-24)17-18-28/h5-6,8-16,20H,2-4,7,17,19H2,1H3,(H,29,30). The van der Waals surface area contributed by atoms with E-state index in [-0.39, 0.29) is 5.91 Å². The second kappa shape index (κ2) is 12.2. The number of nitriles is 1. The van der Waals surface area contributed by atoms with E-state index in [1.165, 1.54) is 19.3 Å². The van der Waals surface area contributed by atoms with E-state index >= 15 is 0 Å². The van der Waals surface area contributed by atoms with Crippen LogP contribution in [0, 0.1) is 11.3 Å². The summed E-state index contributed by atoms with van der Waals surface area (Å²) in [5.41, 5.74) is 1.98. The van der Waals surface area contributed by atoms with Crippen molar-refractivity contribution in [1.29, 1.82) is 5.26 Å². The van der Waals surface area contributed by atoms with Crippen LogP contribution in [0.4, 0.5) is 5.69 Å². The van der Waals surface area contributed by atoms with Crippen LogP contribution in [0.1, 0.15) is 48.5 Å². The summed E-state index contributed by atoms with van der Waals surface area (Å²) in [7, 11) is 0. The van der Waals surface area contributed by atoms with Crippen molar-refractivity contribution in [2.45, 2.75) is 39.0 Å². The van der Waals surface area contributed by atoms with Crippen LogP contribution in [0.3, 0.4) is 0 Å². The van der Waals surface area contributed by atoms with E-state index in [1.54, 1.807) is 24.3 Å². The molecule has 5 nitrogen and oxygen atoms in total. The first-order valence-electron chi connectivity index (χ1n) is 11.0. The molecule has 3 aromatic carbocycles. The lowest BCUT2D eigenvalue weighted by molar-refractivity contribution is 0.102. The number of nitrogens with one attached hydrogen (secondary N) is 1. The zero-order valence-electron chi connectivity index (χ0n) is 18.3. The van der Waals surface area contributed by atoms with Gasteiger partial charge in [-0.15, -0.1) is 0 Å². The van der Waals surface area contributed by atoms with Gasteiger partial charge in [0.1, 0.15) is 11.5 Å². The Morgan fingerprint density at radius 1 is 0.938 bits per heavy atom. The van der Waals surface area contributed by atoms with Gasteiger partial charge in [-0.1, -0.05) is 50.5 Å². The van der Waals surface area contributed by atoms with Crippen LogP contribution in [0.15, 0.2) is 72.8 Å². The molecule has 0 fully saturated rings. The van der Waals surface area contributed by atoms with E-state index in [0.717, 1.165) is 17.7 Å². The van der Waals surface area contributed by atoms with Crippen molar-refractivity contribution in [1.82, 2.24) is 0 Å². The second-order valence-corrected chi connectivity index (χ2v) is 7.47. The van der Waals surface area contributed by atoms with Crippen LogP contribution in [-0.2, 0) is 6.42 Å². The van der Waals surface area contributed by atoms with Gasteiger partial charge in [0.15, 0.2) is 5.75 Å². The number of ether oxygens (including phenoxy) is 2. The molecule has 0 bridgehead atoms. The quantitative estimate of drug-likeness (QED) is 0.343. The molecule has 0 saturated carbocycles. The van der Waals surface area contributed by atoms with E-state index in [0.29, 0.717) is 35.8 Å². The number of carbonyl (C=O) groups excluding carboxylic acids is 1. The summed E-state index contributed by atoms with van der Waals surface area (Å²) in [6.07, 6.45) is 4.94. The highest BCUT2D eigenvalue weighted by Gasteiger charge is 2.11. The summed E-state index contributed by atoms with van der Waals surface area (Å²) in [4.78, 5) is 12.8. The fraction of sp³-hybridized carbons (Fsp3) is 0.259. The predicted octanol–water partition coefficient (Wildman–Crippen LogP) is 6.76. The summed E-state index contributed by atoms with van der Waals surface area (Å²) >= 11 is 0. The molecule has 0 heterocycles. The van der Waals surface area contributed by atoms with E-state index in [4.69, 9.17) is 14.7 Å². The minimum atomic E-state index is -0.228. The first-order valence-corrected chi connectivity index (χ1v) is 11.0. The van der Waals surface area contributed by atoms with Gasteiger partial charge in [0, 0.05) is 5.56 Å². The van der Waals surface area contributed by atoms with Crippen LogP contribution < -0.4 is 14.8 Å². The fourth-order valence-electron chi connectivity index (χ4n) is 3.21. The van der Waals surface area contributed by atoms with Crippen molar-refractivity contribution in [2.75, 3.05) is 11.9 Å². The fourth-order valence-corrected chi connectivity index (χ4v) is 3.21. The molecule has 0 radical (unpaired) electrons. The molecular formula is C27H28N2O3. The highest BCUT2D eigenvalue weighted by molar-refractivity contribution is 6.05. The first-order chi connectivity index (χ1) is 15.7. The van der Waals surface area contributed by atoms with Gasteiger partial charge >= 0.3 is 0 Å². The number of anilines is 1. The maximum Gasteiger partial charge on any atom is 0.255 e. The molecule has 0 aliphatic rings. The Morgan fingerprint density at radius 2 is 1.75 bits per heavy atom. The molecule has 0 aliphatic carbocycles. The number of para-hydroxylation sites is 2. The molecule has 0 unspecified atom stereocenters. The van der Waals surface area contributed by atoms with E-state index < -0.39 is 0 Å². The highest BCUT2D eigenvalue weighted by atomic mass is 16.5. The Labute approximate surface area is 189 Å². The van der Waals surface area contributed by atoms with Gasteiger partial charge in [-0.2, -0.15) is 5.26 Å². The molecule has 3 aromatic rings. The van der Waals surface area contributed by atoms with E-state index in [1.807, 2.05) is 48.5 Å². The second-order valence-electron chi connectivity index (χ2n) is 7.47. The molecule has 3 rings (SSSR count). The third-order valence-electron chi connectivity index (χ3n) is 4.93. The number of hydrogen-bond donors (Lipinski definition) is 1. The lowest BCUT2D eigenvalue weighted by Gasteiger charge is -2.13. The molecule has 5 heteroatoms. The predicted molar refractivity (Wildman–Crippen MR) is 126 cm³/mol. The van der Waals surface area contributed by atoms with Gasteiger partial charge in [-0.25, -0.2) is 0 Å². The number of benzene rings is 3. The summed E-state index contributed by atoms with van der Waals surface area (Å²) in [5, 5.41) is 11.8. The minimum Gasteiger partial charge on any atom is -0.494 e. The molecular weight excluding hydrogens is 400 g/mol. The Bertz CT molecular complexity index is 1050. The van der Waals surface area contributed by atoms with Crippen molar-refractivity contribution < 1.29 is 14.3 Å². The van der Waals surface area contributed by atoms with Crippen molar-refractivity contribution >= 4 is 11.6 Å². The lowest BCUT2D eigenvalue weighted by atomic mass is 10.1. The molecule has 0 aliphatic heterocycles. The maximum absolute atomic E-state index is 12.8. The van der Waals surface area contributed by atoms with Gasteiger partial charge in [0.05, 0.1) is 24.8 Å². The zero-order valence-corrected chi connectivity index (χ0v) is 18.3. The average Bonchev–Trinajstić information content (AvgIpc) is 2.81. The topological polar surface area (TPSA) is 71.3 Å². The van der Waals surface area contributed by atoms with Crippen LogP contribution >= 0.6 is 0 Å². The third kappa shape index (κ3) is 6.88. The van der Waals surface area contributed by atoms with Crippen molar-refractivity contribution in [3.8, 4) is 23.3 Å². The van der Waals surface area contributed by atoms with Crippen LogP contribution in [0.5, 0.6) is 17.2 Å². The van der Waals surface area contributed by atoms with Crippen LogP contribution in [0.2, 0.25) is 0 Å². The van der Waals surface area contributed by atoms with E-state index in [9.17, 15) is 4.79 Å². The van der Waals surface area contributed by atoms with Crippen LogP contribution in [0.25, 0.3) is 0 Å². The zero-order chi connectivity index (χ0) is 22.6. The van der Waals surface area contributed by atoms with Gasteiger partial charge in [0.25, 0.3) is 5.91 Å². The molecule has 0 spiro atoms. The number of rotatable bonds is 11. The highest BCUT2D eigenvalue weighted by Crippen LogP contribution is 2.30. The van der Waals surface area contributed by atoms with Gasteiger partial charge < -0.3 is 14.8 Å². The van der Waals surface area contributed by atoms with Gasteiger partial charge in [-0.05, 0) is 60.5 Å². The van der Waals surface area contributed by atoms with Crippen molar-refractivity contribution in [3.63, 3.8) is 0 Å². The minimum absolute atomic E-state index is 0.228. The number of nitrogens with zero attached hydrogens (tertiary/aromatic N) is 1. The molecule has 0 saturated heterocycles. The first kappa shape index (κ1) is 22.9. The molecule has 164 valence electrons. The number of amides is 1. The smallest absolute Gasteiger partial charge is 0.255 e. The Hall–Kier alpha value is -3.78. The van der Waals surface area contributed by atoms with Gasteiger partial charge in [-0.3, -0.25) is 4.79 Å². The monoisotopic (exact) mass is 428 g/mol. The third-order valence-corrected chi connectivity index (χ3v) is 4.93. The Balaban J connectivity index is 1.62. The Kier molecular flexibility index (Phi) is 8.70. The van der Waals surface area contributed by atoms with Gasteiger partial charge in [0.2, 0.25) is 0 Å². The summed E-state index contributed by atoms with van der Waals surface area (Å²) in [6, 6.07) is 23.9. The van der Waals surface area contributed by atoms with Crippen molar-refractivity contribution in [3.05, 3.63) is 83.9 Å². The summed E-state index contributed by atoms with van der Waals surface area (Å²) < 4.78 is 11.7. The summed E-state index contributed by atoms with van der Waals surface area (Å²) in [5.74, 6) is 1.68. The number of hydrogen-bond acceptors (Lipinski definition) is 4. The molecule has 1 N–H and O–H groups in total. The summed E-state index contributed by atoms with van der Waals surface area (Å²) in [6.45, 7) is 2.87. The largest absolute Gasteiger partial charge is 0.494 e. The normalized spacial score (nSPS) is 10.2. The molecule has 1 amide bonds. The van der Waals surface area contributed by atoms with Crippen molar-refractivity contribution in [2.24, 2.45) is 0 Å². The SMILES string of the molecule is CCCCCCOc1ccc(C(=O)Nc2ccccc2Oc2cccc(CC#N)c2)cc1.